The van der Waals surface area contributed by atoms with E-state index in [1.54, 1.807) is 0 Å². The van der Waals surface area contributed by atoms with Crippen LogP contribution in [0.15, 0.2) is 53.8 Å². The molecule has 33 heavy (non-hydrogen) atoms. The Morgan fingerprint density at radius 2 is 1.64 bits per heavy atom. The molecule has 0 bridgehead atoms. The largest absolute Gasteiger partial charge is 0.355 e. The summed E-state index contributed by atoms with van der Waals surface area (Å²) in [5, 5.41) is 7.13. The van der Waals surface area contributed by atoms with Crippen LogP contribution < -0.4 is 15.5 Å². The quantitative estimate of drug-likeness (QED) is 0.303. The molecular weight excluding hydrogens is 527 g/mol. The van der Waals surface area contributed by atoms with Crippen LogP contribution in [0.2, 0.25) is 0 Å². The highest BCUT2D eigenvalue weighted by molar-refractivity contribution is 14.0. The molecule has 2 aliphatic rings. The van der Waals surface area contributed by atoms with Crippen molar-refractivity contribution in [3.8, 4) is 0 Å². The van der Waals surface area contributed by atoms with E-state index < -0.39 is 0 Å². The van der Waals surface area contributed by atoms with Crippen molar-refractivity contribution in [2.24, 2.45) is 4.99 Å². The number of nitrogens with one attached hydrogen (secondary N) is 2. The molecule has 0 radical (unpaired) electrons. The van der Waals surface area contributed by atoms with Gasteiger partial charge in [0.1, 0.15) is 0 Å². The van der Waals surface area contributed by atoms with Crippen LogP contribution in [0.5, 0.6) is 0 Å². The first kappa shape index (κ1) is 25.6. The van der Waals surface area contributed by atoms with Gasteiger partial charge in [0, 0.05) is 84.4 Å². The molecule has 2 aromatic rings. The molecule has 2 fully saturated rings. The molecule has 8 nitrogen and oxygen atoms in total. The number of halogens is 1. The first-order valence-corrected chi connectivity index (χ1v) is 11.8. The predicted octanol–water partition coefficient (Wildman–Crippen LogP) is 2.05. The maximum Gasteiger partial charge on any atom is 0.225 e. The molecule has 0 aliphatic carbocycles. The number of piperazine rings is 1. The van der Waals surface area contributed by atoms with Crippen LogP contribution in [-0.4, -0.2) is 91.2 Å². The Hall–Kier alpha value is -1.98. The van der Waals surface area contributed by atoms with Gasteiger partial charge in [-0.05, 0) is 24.5 Å². The average Bonchev–Trinajstić information content (AvgIpc) is 2.86. The van der Waals surface area contributed by atoms with E-state index in [9.17, 15) is 0 Å². The number of hydrogen-bond acceptors (Lipinski definition) is 6. The molecular formula is C24H37IN8. The van der Waals surface area contributed by atoms with E-state index in [0.29, 0.717) is 6.04 Å². The van der Waals surface area contributed by atoms with Gasteiger partial charge in [-0.1, -0.05) is 30.3 Å². The fraction of sp³-hybridized carbons (Fsp3) is 0.542. The topological polar surface area (TPSA) is 71.9 Å². The first-order valence-electron chi connectivity index (χ1n) is 11.8. The van der Waals surface area contributed by atoms with Gasteiger partial charge in [0.2, 0.25) is 5.95 Å². The lowest BCUT2D eigenvalue weighted by Crippen LogP contribution is -2.51. The molecule has 2 saturated heterocycles. The fourth-order valence-electron chi connectivity index (χ4n) is 4.42. The fourth-order valence-corrected chi connectivity index (χ4v) is 4.42. The first-order chi connectivity index (χ1) is 15.8. The molecule has 0 saturated carbocycles. The molecule has 9 heteroatoms. The molecule has 0 spiro atoms. The maximum absolute atomic E-state index is 4.44. The molecule has 0 amide bonds. The normalized spacial score (nSPS) is 18.6. The third kappa shape index (κ3) is 8.08. The zero-order chi connectivity index (χ0) is 22.0. The zero-order valence-electron chi connectivity index (χ0n) is 19.6. The van der Waals surface area contributed by atoms with E-state index in [0.717, 1.165) is 83.7 Å². The van der Waals surface area contributed by atoms with Crippen molar-refractivity contribution in [2.75, 3.05) is 64.3 Å². The minimum Gasteiger partial charge on any atom is -0.355 e. The average molecular weight is 565 g/mol. The van der Waals surface area contributed by atoms with Crippen LogP contribution in [0.4, 0.5) is 5.95 Å². The van der Waals surface area contributed by atoms with Gasteiger partial charge in [-0.15, -0.1) is 24.0 Å². The standard InChI is InChI=1S/C24H36N8.HI/c1-25-23(29-22-8-13-31(14-9-22)20-21-6-3-2-4-7-21)26-12-15-30-16-18-32(19-17-30)24-27-10-5-11-28-24;/h2-7,10-11,22H,8-9,12-20H2,1H3,(H2,25,26,29);1H. The lowest BCUT2D eigenvalue weighted by atomic mass is 10.0. The van der Waals surface area contributed by atoms with Gasteiger partial charge in [0.25, 0.3) is 0 Å². The summed E-state index contributed by atoms with van der Waals surface area (Å²) in [7, 11) is 1.86. The Bertz CT molecular complexity index is 819. The van der Waals surface area contributed by atoms with Crippen molar-refractivity contribution in [2.45, 2.75) is 25.4 Å². The van der Waals surface area contributed by atoms with E-state index >= 15 is 0 Å². The van der Waals surface area contributed by atoms with Gasteiger partial charge in [-0.3, -0.25) is 14.8 Å². The third-order valence-electron chi connectivity index (χ3n) is 6.33. The highest BCUT2D eigenvalue weighted by Crippen LogP contribution is 2.14. The van der Waals surface area contributed by atoms with Crippen LogP contribution in [0, 0.1) is 0 Å². The summed E-state index contributed by atoms with van der Waals surface area (Å²) in [6.07, 6.45) is 5.92. The number of anilines is 1. The molecule has 4 rings (SSSR count). The second kappa shape index (κ2) is 13.7. The summed E-state index contributed by atoms with van der Waals surface area (Å²) in [4.78, 5) is 20.5. The van der Waals surface area contributed by atoms with Crippen LogP contribution >= 0.6 is 24.0 Å². The van der Waals surface area contributed by atoms with Crippen molar-refractivity contribution in [3.05, 3.63) is 54.4 Å². The van der Waals surface area contributed by atoms with E-state index in [1.165, 1.54) is 5.56 Å². The summed E-state index contributed by atoms with van der Waals surface area (Å²) >= 11 is 0. The Morgan fingerprint density at radius 1 is 0.939 bits per heavy atom. The molecule has 2 aliphatic heterocycles. The van der Waals surface area contributed by atoms with Gasteiger partial charge in [-0.25, -0.2) is 9.97 Å². The smallest absolute Gasteiger partial charge is 0.225 e. The van der Waals surface area contributed by atoms with Crippen molar-refractivity contribution >= 4 is 35.9 Å². The SMILES string of the molecule is CN=C(NCCN1CCN(c2ncccn2)CC1)NC1CCN(Cc2ccccc2)CC1.I. The molecule has 2 N–H and O–H groups in total. The van der Waals surface area contributed by atoms with E-state index in [1.807, 2.05) is 25.5 Å². The number of hydrogen-bond donors (Lipinski definition) is 2. The number of benzene rings is 1. The molecule has 1 aromatic heterocycles. The van der Waals surface area contributed by atoms with Crippen LogP contribution in [0.3, 0.4) is 0 Å². The van der Waals surface area contributed by atoms with E-state index in [4.69, 9.17) is 0 Å². The Balaban J connectivity index is 0.00000306. The predicted molar refractivity (Wildman–Crippen MR) is 145 cm³/mol. The van der Waals surface area contributed by atoms with Gasteiger partial charge in [0.15, 0.2) is 5.96 Å². The molecule has 0 atom stereocenters. The van der Waals surface area contributed by atoms with Crippen LogP contribution in [-0.2, 0) is 6.54 Å². The molecule has 1 aromatic carbocycles. The summed E-state index contributed by atoms with van der Waals surface area (Å²) in [5.74, 6) is 1.76. The minimum absolute atomic E-state index is 0. The summed E-state index contributed by atoms with van der Waals surface area (Å²) in [5.41, 5.74) is 1.40. The highest BCUT2D eigenvalue weighted by Gasteiger charge is 2.21. The highest BCUT2D eigenvalue weighted by atomic mass is 127. The zero-order valence-corrected chi connectivity index (χ0v) is 21.9. The van der Waals surface area contributed by atoms with Gasteiger partial charge in [-0.2, -0.15) is 0 Å². The number of aliphatic imine (C=N–C) groups is 1. The summed E-state index contributed by atoms with van der Waals surface area (Å²) < 4.78 is 0. The summed E-state index contributed by atoms with van der Waals surface area (Å²) in [6.45, 7) is 9.21. The van der Waals surface area contributed by atoms with E-state index in [2.05, 4.69) is 70.6 Å². The van der Waals surface area contributed by atoms with Crippen LogP contribution in [0.25, 0.3) is 0 Å². The minimum atomic E-state index is 0. The van der Waals surface area contributed by atoms with Crippen molar-refractivity contribution in [1.82, 2.24) is 30.4 Å². The number of rotatable bonds is 7. The molecule has 180 valence electrons. The number of piperidine rings is 1. The number of guanidine groups is 1. The van der Waals surface area contributed by atoms with E-state index in [-0.39, 0.29) is 24.0 Å². The monoisotopic (exact) mass is 564 g/mol. The third-order valence-corrected chi connectivity index (χ3v) is 6.33. The Morgan fingerprint density at radius 3 is 2.30 bits per heavy atom. The Labute approximate surface area is 214 Å². The van der Waals surface area contributed by atoms with Crippen molar-refractivity contribution < 1.29 is 0 Å². The lowest BCUT2D eigenvalue weighted by molar-refractivity contribution is 0.198. The molecule has 3 heterocycles. The Kier molecular flexibility index (Phi) is 10.6. The van der Waals surface area contributed by atoms with Crippen LogP contribution in [0.1, 0.15) is 18.4 Å². The summed E-state index contributed by atoms with van der Waals surface area (Å²) in [6, 6.07) is 13.1. The molecule has 0 unspecified atom stereocenters. The number of nitrogens with zero attached hydrogens (tertiary/aromatic N) is 6. The number of likely N-dealkylation sites (tertiary alicyclic amines) is 1. The van der Waals surface area contributed by atoms with Gasteiger partial charge >= 0.3 is 0 Å². The lowest BCUT2D eigenvalue weighted by Gasteiger charge is -2.35. The van der Waals surface area contributed by atoms with Gasteiger partial charge < -0.3 is 15.5 Å². The second-order valence-electron chi connectivity index (χ2n) is 8.56. The number of aromatic nitrogens is 2. The second-order valence-corrected chi connectivity index (χ2v) is 8.56. The van der Waals surface area contributed by atoms with Crippen molar-refractivity contribution in [3.63, 3.8) is 0 Å². The maximum atomic E-state index is 4.44. The van der Waals surface area contributed by atoms with Crippen molar-refractivity contribution in [1.29, 1.82) is 0 Å². The van der Waals surface area contributed by atoms with Gasteiger partial charge in [0.05, 0.1) is 0 Å².